The minimum Gasteiger partial charge on any atom is -0.481 e. The fourth-order valence-electron chi connectivity index (χ4n) is 1.46. The van der Waals surface area contributed by atoms with Crippen molar-refractivity contribution in [3.8, 4) is 0 Å². The molecule has 1 N–H and O–H groups in total. The highest BCUT2D eigenvalue weighted by Crippen LogP contribution is 2.06. The smallest absolute Gasteiger partial charge is 0.307 e. The van der Waals surface area contributed by atoms with E-state index in [4.69, 9.17) is 5.11 Å². The Bertz CT molecular complexity index is 217. The molecule has 0 radical (unpaired) electrons. The number of rotatable bonds is 10. The molecule has 0 aromatic heterocycles. The molecule has 0 fully saturated rings. The Balaban J connectivity index is 3.12. The van der Waals surface area contributed by atoms with E-state index in [0.717, 1.165) is 12.8 Å². The second-order valence-corrected chi connectivity index (χ2v) is 3.94. The Morgan fingerprint density at radius 3 is 2.00 bits per heavy atom. The van der Waals surface area contributed by atoms with Crippen LogP contribution in [0.2, 0.25) is 0 Å². The molecule has 0 heterocycles. The molecule has 0 saturated heterocycles. The molecular weight excluding hydrogens is 200 g/mol. The van der Waals surface area contributed by atoms with E-state index in [0.29, 0.717) is 0 Å². The Morgan fingerprint density at radius 2 is 1.50 bits per heavy atom. The standard InChI is InChI=1S/C14H24O2/c1-2-3-4-5-6-7-8-9-10-11-12-13-14(15)16/h3-4,11-12H,2,5-10,13H2,1H3,(H,15,16)/b4-3-,12-11-. The molecule has 0 atom stereocenters. The quantitative estimate of drug-likeness (QED) is 0.443. The highest BCUT2D eigenvalue weighted by molar-refractivity contribution is 5.68. The van der Waals surface area contributed by atoms with Crippen LogP contribution in [0, 0.1) is 0 Å². The Labute approximate surface area is 99.1 Å². The van der Waals surface area contributed by atoms with Crippen LogP contribution in [0.15, 0.2) is 24.3 Å². The zero-order valence-electron chi connectivity index (χ0n) is 10.3. The summed E-state index contributed by atoms with van der Waals surface area (Å²) < 4.78 is 0. The number of allylic oxidation sites excluding steroid dienone is 3. The number of carbonyl (C=O) groups is 1. The van der Waals surface area contributed by atoms with Gasteiger partial charge in [0.25, 0.3) is 0 Å². The third kappa shape index (κ3) is 12.9. The Hall–Kier alpha value is -1.05. The predicted molar refractivity (Wildman–Crippen MR) is 68.5 cm³/mol. The molecule has 0 aliphatic rings. The molecule has 0 spiro atoms. The first-order valence-corrected chi connectivity index (χ1v) is 6.29. The van der Waals surface area contributed by atoms with E-state index < -0.39 is 5.97 Å². The molecule has 0 aliphatic carbocycles. The van der Waals surface area contributed by atoms with Crippen LogP contribution in [0.1, 0.15) is 58.3 Å². The monoisotopic (exact) mass is 224 g/mol. The number of hydrogen-bond acceptors (Lipinski definition) is 1. The topological polar surface area (TPSA) is 37.3 Å². The van der Waals surface area contributed by atoms with E-state index in [1.54, 1.807) is 6.08 Å². The van der Waals surface area contributed by atoms with Gasteiger partial charge in [-0.25, -0.2) is 0 Å². The lowest BCUT2D eigenvalue weighted by atomic mass is 10.1. The number of aliphatic carboxylic acids is 1. The van der Waals surface area contributed by atoms with Crippen molar-refractivity contribution in [3.63, 3.8) is 0 Å². The highest BCUT2D eigenvalue weighted by atomic mass is 16.4. The number of hydrogen-bond donors (Lipinski definition) is 1. The highest BCUT2D eigenvalue weighted by Gasteiger charge is 1.90. The first-order chi connectivity index (χ1) is 7.77. The zero-order chi connectivity index (χ0) is 12.1. The van der Waals surface area contributed by atoms with E-state index in [-0.39, 0.29) is 6.42 Å². The number of carboxylic acid groups (broad SMARTS) is 1. The third-order valence-corrected chi connectivity index (χ3v) is 2.35. The molecule has 16 heavy (non-hydrogen) atoms. The molecule has 92 valence electrons. The normalized spacial score (nSPS) is 11.6. The van der Waals surface area contributed by atoms with E-state index in [1.807, 2.05) is 6.08 Å². The van der Waals surface area contributed by atoms with Gasteiger partial charge in [0.1, 0.15) is 0 Å². The van der Waals surface area contributed by atoms with Gasteiger partial charge in [-0.2, -0.15) is 0 Å². The van der Waals surface area contributed by atoms with Crippen LogP contribution in [-0.2, 0) is 4.79 Å². The van der Waals surface area contributed by atoms with Crippen molar-refractivity contribution in [1.82, 2.24) is 0 Å². The first-order valence-electron chi connectivity index (χ1n) is 6.29. The van der Waals surface area contributed by atoms with Crippen LogP contribution in [-0.4, -0.2) is 11.1 Å². The fourth-order valence-corrected chi connectivity index (χ4v) is 1.46. The van der Waals surface area contributed by atoms with E-state index in [1.165, 1.54) is 32.1 Å². The Morgan fingerprint density at radius 1 is 0.938 bits per heavy atom. The van der Waals surface area contributed by atoms with Crippen molar-refractivity contribution in [2.45, 2.75) is 58.3 Å². The number of carboxylic acids is 1. The Kier molecular flexibility index (Phi) is 11.2. The van der Waals surface area contributed by atoms with Crippen LogP contribution >= 0.6 is 0 Å². The summed E-state index contributed by atoms with van der Waals surface area (Å²) in [6, 6.07) is 0. The SMILES string of the molecule is CC/C=C\CCCCCC/C=C\CC(=O)O. The van der Waals surface area contributed by atoms with Crippen molar-refractivity contribution in [1.29, 1.82) is 0 Å². The van der Waals surface area contributed by atoms with Gasteiger partial charge >= 0.3 is 5.97 Å². The summed E-state index contributed by atoms with van der Waals surface area (Å²) in [5, 5.41) is 8.40. The van der Waals surface area contributed by atoms with Gasteiger partial charge in [-0.3, -0.25) is 4.79 Å². The van der Waals surface area contributed by atoms with Gasteiger partial charge in [-0.1, -0.05) is 44.1 Å². The molecule has 0 unspecified atom stereocenters. The molecular formula is C14H24O2. The molecule has 2 nitrogen and oxygen atoms in total. The van der Waals surface area contributed by atoms with Crippen LogP contribution in [0.3, 0.4) is 0 Å². The van der Waals surface area contributed by atoms with Gasteiger partial charge in [0.05, 0.1) is 6.42 Å². The fraction of sp³-hybridized carbons (Fsp3) is 0.643. The maximum Gasteiger partial charge on any atom is 0.307 e. The largest absolute Gasteiger partial charge is 0.481 e. The van der Waals surface area contributed by atoms with Gasteiger partial charge in [0.15, 0.2) is 0 Å². The minimum atomic E-state index is -0.751. The van der Waals surface area contributed by atoms with Crippen molar-refractivity contribution in [2.24, 2.45) is 0 Å². The second-order valence-electron chi connectivity index (χ2n) is 3.94. The van der Waals surface area contributed by atoms with Crippen molar-refractivity contribution in [3.05, 3.63) is 24.3 Å². The van der Waals surface area contributed by atoms with Crippen LogP contribution in [0.5, 0.6) is 0 Å². The average molecular weight is 224 g/mol. The van der Waals surface area contributed by atoms with E-state index >= 15 is 0 Å². The van der Waals surface area contributed by atoms with Crippen LogP contribution in [0.25, 0.3) is 0 Å². The maximum atomic E-state index is 10.2. The lowest BCUT2D eigenvalue weighted by molar-refractivity contribution is -0.136. The first kappa shape index (κ1) is 14.9. The maximum absolute atomic E-state index is 10.2. The molecule has 0 bridgehead atoms. The lowest BCUT2D eigenvalue weighted by Gasteiger charge is -1.96. The summed E-state index contributed by atoms with van der Waals surface area (Å²) in [5.74, 6) is -0.751. The molecule has 0 saturated carbocycles. The molecule has 0 rings (SSSR count). The molecule has 0 amide bonds. The molecule has 0 aliphatic heterocycles. The van der Waals surface area contributed by atoms with E-state index in [9.17, 15) is 4.79 Å². The van der Waals surface area contributed by atoms with Crippen molar-refractivity contribution in [2.75, 3.05) is 0 Å². The number of unbranched alkanes of at least 4 members (excludes halogenated alkanes) is 5. The molecule has 0 aromatic rings. The van der Waals surface area contributed by atoms with Gasteiger partial charge in [0.2, 0.25) is 0 Å². The summed E-state index contributed by atoms with van der Waals surface area (Å²) in [7, 11) is 0. The summed E-state index contributed by atoms with van der Waals surface area (Å²) in [4.78, 5) is 10.2. The summed E-state index contributed by atoms with van der Waals surface area (Å²) in [5.41, 5.74) is 0. The second kappa shape index (κ2) is 12.0. The zero-order valence-corrected chi connectivity index (χ0v) is 10.3. The van der Waals surface area contributed by atoms with E-state index in [2.05, 4.69) is 19.1 Å². The van der Waals surface area contributed by atoms with Gasteiger partial charge in [-0.15, -0.1) is 0 Å². The predicted octanol–water partition coefficient (Wildman–Crippen LogP) is 4.32. The van der Waals surface area contributed by atoms with Gasteiger partial charge in [0, 0.05) is 0 Å². The summed E-state index contributed by atoms with van der Waals surface area (Å²) in [6.07, 6.45) is 16.7. The van der Waals surface area contributed by atoms with Crippen molar-refractivity contribution < 1.29 is 9.90 Å². The van der Waals surface area contributed by atoms with Crippen LogP contribution in [0.4, 0.5) is 0 Å². The summed E-state index contributed by atoms with van der Waals surface area (Å²) in [6.45, 7) is 2.15. The lowest BCUT2D eigenvalue weighted by Crippen LogP contribution is -1.89. The third-order valence-electron chi connectivity index (χ3n) is 2.35. The molecule has 0 aromatic carbocycles. The van der Waals surface area contributed by atoms with Crippen molar-refractivity contribution >= 4 is 5.97 Å². The minimum absolute atomic E-state index is 0.155. The summed E-state index contributed by atoms with van der Waals surface area (Å²) >= 11 is 0. The van der Waals surface area contributed by atoms with Gasteiger partial charge in [-0.05, 0) is 32.1 Å². The molecule has 2 heteroatoms. The average Bonchev–Trinajstić information content (AvgIpc) is 2.25. The van der Waals surface area contributed by atoms with Crippen LogP contribution < -0.4 is 0 Å². The van der Waals surface area contributed by atoms with Gasteiger partial charge < -0.3 is 5.11 Å².